The van der Waals surface area contributed by atoms with E-state index >= 15 is 0 Å². The predicted octanol–water partition coefficient (Wildman–Crippen LogP) is 7.66. The molecule has 5 atom stereocenters. The molecule has 0 aliphatic carbocycles. The van der Waals surface area contributed by atoms with Crippen LogP contribution in [0.4, 0.5) is 22.0 Å². The maximum atomic E-state index is 14.3. The van der Waals surface area contributed by atoms with Crippen molar-refractivity contribution in [3.63, 3.8) is 0 Å². The zero-order valence-electron chi connectivity index (χ0n) is 62.1. The number of aliphatic hydroxyl groups excluding tert-OH is 1. The van der Waals surface area contributed by atoms with Gasteiger partial charge in [-0.3, -0.25) is 62.2 Å². The number of nitrogens with one attached hydrogen (secondary N) is 4. The van der Waals surface area contributed by atoms with Crippen LogP contribution in [0.15, 0.2) is 115 Å². The fraction of sp³-hybridized carbons (Fsp3) is 0.423. The molecule has 2 saturated heterocycles. The number of nitrogens with zero attached hydrogens (tertiary/aromatic N) is 8. The Hall–Kier alpha value is -10.8. The number of fused-ring (bicyclic) bond motifs is 3. The number of carbonyl (C=O) groups is 12. The molecule has 0 saturated carbocycles. The molecular formula is C78H92N12O17S. The minimum Gasteiger partial charge on any atom is -0.493 e. The van der Waals surface area contributed by atoms with E-state index in [1.807, 2.05) is 44.4 Å². The molecule has 7 heterocycles. The number of carbonyl (C=O) groups excluding carboxylic acids is 12. The van der Waals surface area contributed by atoms with Gasteiger partial charge in [0, 0.05) is 139 Å². The lowest BCUT2D eigenvalue weighted by molar-refractivity contribution is -0.139. The van der Waals surface area contributed by atoms with Crippen LogP contribution in [0.1, 0.15) is 137 Å². The Morgan fingerprint density at radius 3 is 2.21 bits per heavy atom. The number of Topliss-reactive ketones (excluding diaryl/α,β-unsaturated/α-hetero) is 3. The first kappa shape index (κ1) is 79.7. The number of hydrogen-bond donors (Lipinski definition) is 5. The first-order valence-electron chi connectivity index (χ1n) is 35.8. The fourth-order valence-electron chi connectivity index (χ4n) is 13.3. The van der Waals surface area contributed by atoms with E-state index in [-0.39, 0.29) is 204 Å². The molecule has 29 nitrogen and oxygen atoms in total. The number of benzene rings is 3. The summed E-state index contributed by atoms with van der Waals surface area (Å²) in [6, 6.07) is 19.1. The summed E-state index contributed by atoms with van der Waals surface area (Å²) >= 11 is 1.61. The first-order valence-corrected chi connectivity index (χ1v) is 37.1. The van der Waals surface area contributed by atoms with Crippen molar-refractivity contribution in [1.29, 1.82) is 0 Å². The highest BCUT2D eigenvalue weighted by Crippen LogP contribution is 2.40. The van der Waals surface area contributed by atoms with Gasteiger partial charge in [0.15, 0.2) is 23.7 Å². The Morgan fingerprint density at radius 1 is 0.759 bits per heavy atom. The predicted molar refractivity (Wildman–Crippen MR) is 400 cm³/mol. The number of rotatable bonds is 35. The highest BCUT2D eigenvalue weighted by Gasteiger charge is 2.46. The van der Waals surface area contributed by atoms with Crippen molar-refractivity contribution in [3.05, 3.63) is 155 Å². The van der Waals surface area contributed by atoms with E-state index in [0.717, 1.165) is 25.6 Å². The Balaban J connectivity index is 0.653. The molecule has 0 radical (unpaired) electrons. The van der Waals surface area contributed by atoms with Gasteiger partial charge in [0.2, 0.25) is 35.3 Å². The molecule has 2 fully saturated rings. The largest absolute Gasteiger partial charge is 0.493 e. The number of ether oxygens (including phenoxy) is 4. The minimum atomic E-state index is -1.56. The molecular weight excluding hydrogens is 1410 g/mol. The average molecular weight is 1500 g/mol. The van der Waals surface area contributed by atoms with Gasteiger partial charge in [-0.25, -0.2) is 14.7 Å². The van der Waals surface area contributed by atoms with Crippen molar-refractivity contribution in [2.45, 2.75) is 122 Å². The topological polar surface area (TPSA) is 352 Å². The second-order valence-corrected chi connectivity index (χ2v) is 28.8. The van der Waals surface area contributed by atoms with Gasteiger partial charge in [-0.05, 0) is 104 Å². The van der Waals surface area contributed by atoms with Crippen LogP contribution in [-0.2, 0) is 88.4 Å². The standard InChI is InChI=1S/C78H92N12O17S/c1-45(2)57(38-55(91)21-26-104-28-29-105-27-22-79-68(94)20-24-88-70(96)32-48(5)74(88)99)72(97)80-49(6)64(92)34-50-13-15-51(16-14-50)44-107-78(103)90-60-39-66(47(4)31-58(60)75(100)89-40-46(3)30-63(89)77(90)102)106-25-11-12-69(95)82-67-43-86(9)71(83-67)65(93)35-52-33-61(84(7)41-52)73(98)81-54-37-62(85(8)42-54)76(101)87-23-19-53-36-56(108-10)17-18-59(53)87/h13-19,23,31,33,36-37,39,41-43,45,48-49,57,63,77,102H,3,11-12,20-22,24-30,32,34-35,38,40,44H2,1-2,4-10H3,(H,79,94)(H,80,97)(H,81,98)(H,82,95)/t48?,49-,57-,63-,77?/m0/s1. The number of aryl methyl sites for hydroxylation is 4. The SMILES string of the molecule is C=C1C[C@H]2C(O)N(C(=O)OCc3ccc(CC(=O)[C@H](C)NC(=O)[C@@H](CC(=O)CCOCCOCCNC(=O)CCN4C(=O)CC(C)C4=O)C(C)C)cc3)c3cc(OCCCC(=O)Nc4cn(C)c(C(=O)Cc5cc(C(=O)Nc6cc(C(=O)n7ccc8cc(SC)ccc87)n(C)c6)n(C)c5)n4)c(C)cc3C(=O)N2C1. The summed E-state index contributed by atoms with van der Waals surface area (Å²) in [5.74, 6) is -4.50. The van der Waals surface area contributed by atoms with Crippen molar-refractivity contribution in [1.82, 2.24) is 43.7 Å². The number of hydrogen-bond acceptors (Lipinski definition) is 19. The van der Waals surface area contributed by atoms with E-state index in [0.29, 0.717) is 39.2 Å². The summed E-state index contributed by atoms with van der Waals surface area (Å²) in [4.78, 5) is 168. The number of likely N-dealkylation sites (tertiary alicyclic amines) is 1. The van der Waals surface area contributed by atoms with Gasteiger partial charge in [-0.1, -0.05) is 57.2 Å². The monoisotopic (exact) mass is 1500 g/mol. The Labute approximate surface area is 629 Å². The zero-order chi connectivity index (χ0) is 77.8. The van der Waals surface area contributed by atoms with Gasteiger partial charge in [-0.2, -0.15) is 0 Å². The van der Waals surface area contributed by atoms with E-state index in [1.165, 1.54) is 21.7 Å². The molecule has 5 N–H and O–H groups in total. The summed E-state index contributed by atoms with van der Waals surface area (Å²) in [7, 11) is 5.03. The van der Waals surface area contributed by atoms with E-state index in [4.69, 9.17) is 18.9 Å². The van der Waals surface area contributed by atoms with E-state index in [9.17, 15) is 62.6 Å². The molecule has 3 aliphatic rings. The number of imide groups is 1. The molecule has 0 bridgehead atoms. The third kappa shape index (κ3) is 19.5. The quantitative estimate of drug-likeness (QED) is 0.00836. The van der Waals surface area contributed by atoms with Crippen LogP contribution in [0.2, 0.25) is 0 Å². The lowest BCUT2D eigenvalue weighted by Gasteiger charge is -2.31. The summed E-state index contributed by atoms with van der Waals surface area (Å²) in [6.07, 6.45) is 6.45. The second-order valence-electron chi connectivity index (χ2n) is 27.9. The van der Waals surface area contributed by atoms with Gasteiger partial charge in [0.05, 0.1) is 67.6 Å². The molecule has 2 unspecified atom stereocenters. The van der Waals surface area contributed by atoms with Crippen LogP contribution < -0.4 is 30.9 Å². The van der Waals surface area contributed by atoms with Gasteiger partial charge in [-0.15, -0.1) is 11.8 Å². The summed E-state index contributed by atoms with van der Waals surface area (Å²) < 4.78 is 29.4. The zero-order valence-corrected chi connectivity index (χ0v) is 62.9. The molecule has 108 heavy (non-hydrogen) atoms. The molecule has 3 aliphatic heterocycles. The highest BCUT2D eigenvalue weighted by atomic mass is 32.2. The molecule has 4 aromatic heterocycles. The van der Waals surface area contributed by atoms with Gasteiger partial charge in [0.25, 0.3) is 17.7 Å². The van der Waals surface area contributed by atoms with Crippen LogP contribution in [-0.4, -0.2) is 186 Å². The van der Waals surface area contributed by atoms with Gasteiger partial charge >= 0.3 is 6.09 Å². The van der Waals surface area contributed by atoms with Crippen LogP contribution in [0.5, 0.6) is 5.75 Å². The van der Waals surface area contributed by atoms with Crippen molar-refractivity contribution < 1.29 is 81.6 Å². The van der Waals surface area contributed by atoms with Crippen molar-refractivity contribution in [2.75, 3.05) is 74.5 Å². The number of anilines is 3. The van der Waals surface area contributed by atoms with E-state index in [2.05, 4.69) is 32.8 Å². The summed E-state index contributed by atoms with van der Waals surface area (Å²) in [5, 5.41) is 24.0. The first-order chi connectivity index (χ1) is 51.5. The Bertz CT molecular complexity index is 4620. The van der Waals surface area contributed by atoms with Crippen LogP contribution in [0, 0.1) is 24.7 Å². The van der Waals surface area contributed by atoms with Gasteiger partial charge < -0.3 is 63.9 Å². The van der Waals surface area contributed by atoms with E-state index < -0.39 is 54.0 Å². The lowest BCUT2D eigenvalue weighted by atomic mass is 9.88. The third-order valence-electron chi connectivity index (χ3n) is 19.3. The number of aromatic nitrogens is 5. The smallest absolute Gasteiger partial charge is 0.416 e. The molecule has 10 rings (SSSR count). The summed E-state index contributed by atoms with van der Waals surface area (Å²) in [6.45, 7) is 13.6. The molecule has 572 valence electrons. The molecule has 3 aromatic carbocycles. The van der Waals surface area contributed by atoms with Crippen LogP contribution in [0.3, 0.4) is 0 Å². The van der Waals surface area contributed by atoms with E-state index in [1.54, 1.807) is 128 Å². The van der Waals surface area contributed by atoms with Gasteiger partial charge in [0.1, 0.15) is 29.5 Å². The third-order valence-corrected chi connectivity index (χ3v) is 20.0. The lowest BCUT2D eigenvalue weighted by Crippen LogP contribution is -2.50. The maximum absolute atomic E-state index is 14.3. The molecule has 0 spiro atoms. The number of thioether (sulfide) groups is 1. The van der Waals surface area contributed by atoms with Crippen molar-refractivity contribution >= 4 is 111 Å². The molecule has 8 amide bonds. The average Bonchev–Trinajstić information content (AvgIpc) is 1.58. The number of amides is 8. The van der Waals surface area contributed by atoms with Crippen molar-refractivity contribution in [3.8, 4) is 5.75 Å². The minimum absolute atomic E-state index is 0.000732. The maximum Gasteiger partial charge on any atom is 0.416 e. The molecule has 30 heteroatoms. The second kappa shape index (κ2) is 35.7. The van der Waals surface area contributed by atoms with Crippen LogP contribution in [0.25, 0.3) is 10.9 Å². The number of imidazole rings is 1. The summed E-state index contributed by atoms with van der Waals surface area (Å²) in [5.41, 5.74) is 4.89. The molecule has 7 aromatic rings. The fourth-order valence-corrected chi connectivity index (χ4v) is 13.7. The number of ketones is 3. The Morgan fingerprint density at radius 2 is 1.49 bits per heavy atom. The normalized spacial score (nSPS) is 16.1. The van der Waals surface area contributed by atoms with Crippen LogP contribution >= 0.6 is 11.8 Å². The highest BCUT2D eigenvalue weighted by molar-refractivity contribution is 7.98. The van der Waals surface area contributed by atoms with Crippen molar-refractivity contribution in [2.24, 2.45) is 38.9 Å². The number of aliphatic hydroxyl groups is 1. The Kier molecular flexibility index (Phi) is 26.4.